The zero-order chi connectivity index (χ0) is 16.5. The van der Waals surface area contributed by atoms with Crippen LogP contribution in [0.1, 0.15) is 20.8 Å². The third-order valence-electron chi connectivity index (χ3n) is 3.06. The fourth-order valence-corrected chi connectivity index (χ4v) is 2.42. The summed E-state index contributed by atoms with van der Waals surface area (Å²) in [5.41, 5.74) is -0.605. The zero-order valence-corrected chi connectivity index (χ0v) is 14.3. The Morgan fingerprint density at radius 1 is 1.41 bits per heavy atom. The lowest BCUT2D eigenvalue weighted by atomic mass is 10.2. The molecule has 1 aromatic carbocycles. The van der Waals surface area contributed by atoms with Crippen LogP contribution in [0, 0.1) is 5.82 Å². The van der Waals surface area contributed by atoms with Gasteiger partial charge < -0.3 is 19.5 Å². The first kappa shape index (κ1) is 17.0. The Morgan fingerprint density at radius 3 is 2.73 bits per heavy atom. The summed E-state index contributed by atoms with van der Waals surface area (Å²) in [5.74, 6) is -0.148. The van der Waals surface area contributed by atoms with E-state index < -0.39 is 29.7 Å². The Bertz CT molecular complexity index is 561. The number of halogens is 2. The van der Waals surface area contributed by atoms with Gasteiger partial charge in [0.1, 0.15) is 29.4 Å². The van der Waals surface area contributed by atoms with Crippen molar-refractivity contribution in [1.29, 1.82) is 0 Å². The fourth-order valence-electron chi connectivity index (χ4n) is 2.08. The Balaban J connectivity index is 2.02. The summed E-state index contributed by atoms with van der Waals surface area (Å²) in [6.45, 7) is 5.62. The van der Waals surface area contributed by atoms with Crippen molar-refractivity contribution in [3.05, 3.63) is 28.5 Å². The first-order valence-corrected chi connectivity index (χ1v) is 7.73. The van der Waals surface area contributed by atoms with Crippen LogP contribution in [0.15, 0.2) is 22.7 Å². The van der Waals surface area contributed by atoms with Gasteiger partial charge in [-0.25, -0.2) is 9.18 Å². The molecule has 1 saturated heterocycles. The highest BCUT2D eigenvalue weighted by Gasteiger charge is 2.37. The first-order chi connectivity index (χ1) is 10.2. The van der Waals surface area contributed by atoms with Crippen LogP contribution in [-0.2, 0) is 4.74 Å². The van der Waals surface area contributed by atoms with Gasteiger partial charge in [-0.15, -0.1) is 0 Å². The Kier molecular flexibility index (Phi) is 4.97. The van der Waals surface area contributed by atoms with Crippen LogP contribution in [0.2, 0.25) is 0 Å². The molecule has 0 aromatic heterocycles. The molecule has 1 aliphatic rings. The molecule has 1 fully saturated rings. The average molecular weight is 376 g/mol. The molecule has 0 spiro atoms. The summed E-state index contributed by atoms with van der Waals surface area (Å²) < 4.78 is 24.7. The highest BCUT2D eigenvalue weighted by Crippen LogP contribution is 2.28. The first-order valence-electron chi connectivity index (χ1n) is 6.93. The molecule has 1 N–H and O–H groups in total. The van der Waals surface area contributed by atoms with Crippen LogP contribution in [0.4, 0.5) is 9.18 Å². The Labute approximate surface area is 137 Å². The molecule has 0 saturated carbocycles. The normalized spacial score (nSPS) is 21.8. The van der Waals surface area contributed by atoms with E-state index in [1.807, 2.05) is 0 Å². The minimum atomic E-state index is -0.859. The summed E-state index contributed by atoms with van der Waals surface area (Å²) in [7, 11) is 0. The van der Waals surface area contributed by atoms with Gasteiger partial charge in [-0.2, -0.15) is 0 Å². The lowest BCUT2D eigenvalue weighted by molar-refractivity contribution is 0.0268. The third-order valence-corrected chi connectivity index (χ3v) is 3.72. The number of nitrogens with zero attached hydrogens (tertiary/aromatic N) is 1. The standard InChI is InChI=1S/C15H19BrFNO4/c1-15(2,3)22-14(20)18-7-11(19)13(8-18)21-12-6-9(17)4-5-10(12)16/h4-6,11,13,19H,7-8H2,1-3H3. The lowest BCUT2D eigenvalue weighted by Crippen LogP contribution is -2.36. The van der Waals surface area contributed by atoms with Gasteiger partial charge in [0.2, 0.25) is 0 Å². The predicted molar refractivity (Wildman–Crippen MR) is 82.3 cm³/mol. The molecule has 2 unspecified atom stereocenters. The van der Waals surface area contributed by atoms with E-state index in [0.717, 1.165) is 0 Å². The van der Waals surface area contributed by atoms with Crippen LogP contribution in [0.25, 0.3) is 0 Å². The van der Waals surface area contributed by atoms with Crippen molar-refractivity contribution in [2.24, 2.45) is 0 Å². The molecular formula is C15H19BrFNO4. The minimum absolute atomic E-state index is 0.118. The van der Waals surface area contributed by atoms with Crippen LogP contribution in [0.3, 0.4) is 0 Å². The molecule has 0 aliphatic carbocycles. The van der Waals surface area contributed by atoms with Crippen molar-refractivity contribution in [1.82, 2.24) is 4.90 Å². The van der Waals surface area contributed by atoms with Crippen molar-refractivity contribution >= 4 is 22.0 Å². The molecule has 0 radical (unpaired) electrons. The number of aliphatic hydroxyl groups excluding tert-OH is 1. The van der Waals surface area contributed by atoms with Gasteiger partial charge >= 0.3 is 6.09 Å². The highest BCUT2D eigenvalue weighted by molar-refractivity contribution is 9.10. The number of hydrogen-bond acceptors (Lipinski definition) is 4. The van der Waals surface area contributed by atoms with Crippen molar-refractivity contribution < 1.29 is 23.8 Å². The fraction of sp³-hybridized carbons (Fsp3) is 0.533. The zero-order valence-electron chi connectivity index (χ0n) is 12.7. The van der Waals surface area contributed by atoms with Gasteiger partial charge in [0.15, 0.2) is 0 Å². The number of rotatable bonds is 2. The second kappa shape index (κ2) is 6.42. The summed E-state index contributed by atoms with van der Waals surface area (Å²) in [6.07, 6.45) is -2.00. The molecule has 122 valence electrons. The SMILES string of the molecule is CC(C)(C)OC(=O)N1CC(O)C(Oc2cc(F)ccc2Br)C1. The summed E-state index contributed by atoms with van der Waals surface area (Å²) >= 11 is 3.26. The van der Waals surface area contributed by atoms with Crippen LogP contribution >= 0.6 is 15.9 Å². The molecule has 1 amide bonds. The lowest BCUT2D eigenvalue weighted by Gasteiger charge is -2.24. The van der Waals surface area contributed by atoms with E-state index in [2.05, 4.69) is 15.9 Å². The second-order valence-electron chi connectivity index (χ2n) is 6.18. The molecule has 1 heterocycles. The minimum Gasteiger partial charge on any atom is -0.484 e. The highest BCUT2D eigenvalue weighted by atomic mass is 79.9. The van der Waals surface area contributed by atoms with Crippen LogP contribution in [-0.4, -0.2) is 47.0 Å². The summed E-state index contributed by atoms with van der Waals surface area (Å²) in [5, 5.41) is 10.0. The van der Waals surface area contributed by atoms with E-state index in [0.29, 0.717) is 4.47 Å². The maximum Gasteiger partial charge on any atom is 0.410 e. The summed E-state index contributed by atoms with van der Waals surface area (Å²) in [4.78, 5) is 13.4. The molecular weight excluding hydrogens is 357 g/mol. The van der Waals surface area contributed by atoms with E-state index in [1.54, 1.807) is 20.8 Å². The van der Waals surface area contributed by atoms with E-state index in [4.69, 9.17) is 9.47 Å². The molecule has 1 aliphatic heterocycles. The maximum absolute atomic E-state index is 13.3. The number of benzene rings is 1. The third kappa shape index (κ3) is 4.33. The number of carbonyl (C=O) groups excluding carboxylic acids is 1. The monoisotopic (exact) mass is 375 g/mol. The Hall–Kier alpha value is -1.34. The van der Waals surface area contributed by atoms with Crippen molar-refractivity contribution in [3.8, 4) is 5.75 Å². The summed E-state index contributed by atoms with van der Waals surface area (Å²) in [6, 6.07) is 4.06. The number of aliphatic hydroxyl groups is 1. The topological polar surface area (TPSA) is 59.0 Å². The number of ether oxygens (including phenoxy) is 2. The molecule has 0 bridgehead atoms. The van der Waals surface area contributed by atoms with Gasteiger partial charge in [0, 0.05) is 6.07 Å². The molecule has 1 aromatic rings. The van der Waals surface area contributed by atoms with Gasteiger partial charge in [0.25, 0.3) is 0 Å². The maximum atomic E-state index is 13.3. The van der Waals surface area contributed by atoms with Crippen molar-refractivity contribution in [2.45, 2.75) is 38.6 Å². The van der Waals surface area contributed by atoms with E-state index in [1.165, 1.54) is 23.1 Å². The second-order valence-corrected chi connectivity index (χ2v) is 7.04. The predicted octanol–water partition coefficient (Wildman–Crippen LogP) is 2.95. The molecule has 22 heavy (non-hydrogen) atoms. The van der Waals surface area contributed by atoms with Gasteiger partial charge in [-0.05, 0) is 48.8 Å². The smallest absolute Gasteiger partial charge is 0.410 e. The number of likely N-dealkylation sites (tertiary alicyclic amines) is 1. The quantitative estimate of drug-likeness (QED) is 0.863. The largest absolute Gasteiger partial charge is 0.484 e. The molecule has 7 heteroatoms. The van der Waals surface area contributed by atoms with Crippen molar-refractivity contribution in [3.63, 3.8) is 0 Å². The van der Waals surface area contributed by atoms with E-state index in [-0.39, 0.29) is 18.8 Å². The molecule has 2 rings (SSSR count). The van der Waals surface area contributed by atoms with Crippen LogP contribution in [0.5, 0.6) is 5.75 Å². The molecule has 2 atom stereocenters. The van der Waals surface area contributed by atoms with E-state index in [9.17, 15) is 14.3 Å². The van der Waals surface area contributed by atoms with Gasteiger partial charge in [-0.1, -0.05) is 0 Å². The number of amides is 1. The van der Waals surface area contributed by atoms with Gasteiger partial charge in [-0.3, -0.25) is 0 Å². The number of carbonyl (C=O) groups is 1. The van der Waals surface area contributed by atoms with Crippen LogP contribution < -0.4 is 4.74 Å². The number of β-amino-alcohol motifs (C(OH)–C–C–N with tert-alkyl or cyclic N) is 1. The van der Waals surface area contributed by atoms with E-state index >= 15 is 0 Å². The Morgan fingerprint density at radius 2 is 2.09 bits per heavy atom. The number of hydrogen-bond donors (Lipinski definition) is 1. The molecule has 5 nitrogen and oxygen atoms in total. The van der Waals surface area contributed by atoms with Crippen molar-refractivity contribution in [2.75, 3.05) is 13.1 Å². The van der Waals surface area contributed by atoms with Gasteiger partial charge in [0.05, 0.1) is 17.6 Å². The average Bonchev–Trinajstić information content (AvgIpc) is 2.74.